The topological polar surface area (TPSA) is 82.8 Å². The first kappa shape index (κ1) is 13.5. The molecule has 2 aliphatic heterocycles. The lowest BCUT2D eigenvalue weighted by atomic mass is 10.0. The molecule has 3 N–H and O–H groups in total. The van der Waals surface area contributed by atoms with E-state index in [-0.39, 0.29) is 24.2 Å². The van der Waals surface area contributed by atoms with Crippen LogP contribution in [0.5, 0.6) is 0 Å². The van der Waals surface area contributed by atoms with Crippen LogP contribution in [0.1, 0.15) is 11.9 Å². The lowest BCUT2D eigenvalue weighted by Crippen LogP contribution is -2.37. The predicted octanol–water partition coefficient (Wildman–Crippen LogP) is 0.644. The summed E-state index contributed by atoms with van der Waals surface area (Å²) < 4.78 is 16.1. The van der Waals surface area contributed by atoms with Gasteiger partial charge < -0.3 is 25.3 Å². The molecule has 2 unspecified atom stereocenters. The fourth-order valence-corrected chi connectivity index (χ4v) is 2.39. The van der Waals surface area contributed by atoms with Crippen molar-refractivity contribution in [1.82, 2.24) is 0 Å². The first-order chi connectivity index (χ1) is 9.74. The number of ether oxygens (including phenoxy) is 3. The summed E-state index contributed by atoms with van der Waals surface area (Å²) in [6.45, 7) is 1.99. The van der Waals surface area contributed by atoms with Crippen molar-refractivity contribution < 1.29 is 19.0 Å². The minimum atomic E-state index is -0.344. The Labute approximate surface area is 117 Å². The molecule has 0 saturated carbocycles. The summed E-state index contributed by atoms with van der Waals surface area (Å²) in [5.74, 6) is -0.405. The lowest BCUT2D eigenvalue weighted by Gasteiger charge is -2.15. The van der Waals surface area contributed by atoms with Crippen LogP contribution < -0.4 is 11.1 Å². The summed E-state index contributed by atoms with van der Waals surface area (Å²) in [4.78, 5) is 12.1. The maximum absolute atomic E-state index is 12.1. The number of hydrogen-bond acceptors (Lipinski definition) is 5. The number of hydrogen-bond donors (Lipinski definition) is 2. The van der Waals surface area contributed by atoms with Gasteiger partial charge in [0, 0.05) is 17.3 Å². The molecule has 0 radical (unpaired) electrons. The quantitative estimate of drug-likeness (QED) is 0.848. The normalized spacial score (nSPS) is 26.9. The van der Waals surface area contributed by atoms with E-state index in [2.05, 4.69) is 5.32 Å². The van der Waals surface area contributed by atoms with Gasteiger partial charge in [-0.2, -0.15) is 0 Å². The molecule has 0 aromatic heterocycles. The zero-order valence-electron chi connectivity index (χ0n) is 11.1. The Morgan fingerprint density at radius 2 is 2.05 bits per heavy atom. The number of rotatable bonds is 3. The third-order valence-corrected chi connectivity index (χ3v) is 3.51. The zero-order chi connectivity index (χ0) is 13.9. The van der Waals surface area contributed by atoms with Crippen LogP contribution in [0.15, 0.2) is 24.3 Å². The molecule has 6 heteroatoms. The van der Waals surface area contributed by atoms with Crippen molar-refractivity contribution in [3.8, 4) is 0 Å². The van der Waals surface area contributed by atoms with Crippen LogP contribution in [-0.4, -0.2) is 38.4 Å². The van der Waals surface area contributed by atoms with Crippen molar-refractivity contribution in [3.63, 3.8) is 0 Å². The fraction of sp³-hybridized carbons (Fsp3) is 0.500. The molecule has 2 atom stereocenters. The molecule has 0 bridgehead atoms. The highest BCUT2D eigenvalue weighted by atomic mass is 16.7. The van der Waals surface area contributed by atoms with E-state index in [9.17, 15) is 4.79 Å². The molecule has 3 rings (SSSR count). The van der Waals surface area contributed by atoms with E-state index < -0.39 is 0 Å². The maximum atomic E-state index is 12.1. The highest BCUT2D eigenvalue weighted by Gasteiger charge is 2.31. The van der Waals surface area contributed by atoms with E-state index in [4.69, 9.17) is 19.9 Å². The number of benzene rings is 1. The largest absolute Gasteiger partial charge is 0.379 e. The van der Waals surface area contributed by atoms with Gasteiger partial charge in [0.15, 0.2) is 6.29 Å². The maximum Gasteiger partial charge on any atom is 0.231 e. The summed E-state index contributed by atoms with van der Waals surface area (Å²) in [6.07, 6.45) is -0.344. The first-order valence-corrected chi connectivity index (χ1v) is 6.71. The second-order valence-electron chi connectivity index (χ2n) is 5.00. The van der Waals surface area contributed by atoms with Crippen LogP contribution in [-0.2, 0) is 19.0 Å². The monoisotopic (exact) mass is 278 g/mol. The van der Waals surface area contributed by atoms with Crippen molar-refractivity contribution in [1.29, 1.82) is 0 Å². The number of anilines is 1. The van der Waals surface area contributed by atoms with Gasteiger partial charge in [-0.25, -0.2) is 0 Å². The van der Waals surface area contributed by atoms with E-state index in [0.29, 0.717) is 32.1 Å². The van der Waals surface area contributed by atoms with Gasteiger partial charge in [0.1, 0.15) is 0 Å². The minimum Gasteiger partial charge on any atom is -0.379 e. The van der Waals surface area contributed by atoms with Crippen molar-refractivity contribution >= 4 is 11.6 Å². The Morgan fingerprint density at radius 1 is 1.25 bits per heavy atom. The van der Waals surface area contributed by atoms with Gasteiger partial charge in [-0.15, -0.1) is 0 Å². The van der Waals surface area contributed by atoms with E-state index in [1.807, 2.05) is 24.3 Å². The number of nitrogens with two attached hydrogens (primary N) is 1. The molecule has 2 fully saturated rings. The minimum absolute atomic E-state index is 0.111. The van der Waals surface area contributed by atoms with Gasteiger partial charge >= 0.3 is 0 Å². The summed E-state index contributed by atoms with van der Waals surface area (Å²) in [5, 5.41) is 2.87. The summed E-state index contributed by atoms with van der Waals surface area (Å²) >= 11 is 0. The van der Waals surface area contributed by atoms with E-state index in [1.54, 1.807) is 0 Å². The molecule has 108 valence electrons. The van der Waals surface area contributed by atoms with E-state index in [0.717, 1.165) is 5.56 Å². The van der Waals surface area contributed by atoms with Gasteiger partial charge in [-0.1, -0.05) is 12.1 Å². The van der Waals surface area contributed by atoms with Gasteiger partial charge in [0.2, 0.25) is 5.91 Å². The van der Waals surface area contributed by atoms with Gasteiger partial charge in [0.25, 0.3) is 0 Å². The van der Waals surface area contributed by atoms with Gasteiger partial charge in [-0.05, 0) is 12.1 Å². The highest BCUT2D eigenvalue weighted by Crippen LogP contribution is 2.25. The SMILES string of the molecule is NC1COCC1C(=O)Nc1cccc(C2OCCO2)c1. The average Bonchev–Trinajstić information content (AvgIpc) is 3.09. The zero-order valence-corrected chi connectivity index (χ0v) is 11.1. The van der Waals surface area contributed by atoms with Crippen LogP contribution in [0.3, 0.4) is 0 Å². The van der Waals surface area contributed by atoms with Crippen LogP contribution in [0.2, 0.25) is 0 Å². The Hall–Kier alpha value is -1.47. The molecule has 2 heterocycles. The number of carbonyl (C=O) groups is 1. The molecular formula is C14H18N2O4. The van der Waals surface area contributed by atoms with Crippen LogP contribution >= 0.6 is 0 Å². The molecule has 1 aromatic rings. The van der Waals surface area contributed by atoms with Crippen molar-refractivity contribution in [2.75, 3.05) is 31.7 Å². The molecule has 1 aromatic carbocycles. The number of carbonyl (C=O) groups excluding carboxylic acids is 1. The molecule has 2 aliphatic rings. The van der Waals surface area contributed by atoms with Crippen molar-refractivity contribution in [2.45, 2.75) is 12.3 Å². The van der Waals surface area contributed by atoms with E-state index in [1.165, 1.54) is 0 Å². The molecular weight excluding hydrogens is 260 g/mol. The molecule has 2 saturated heterocycles. The highest BCUT2D eigenvalue weighted by molar-refractivity contribution is 5.93. The third-order valence-electron chi connectivity index (χ3n) is 3.51. The van der Waals surface area contributed by atoms with Crippen LogP contribution in [0.25, 0.3) is 0 Å². The standard InChI is InChI=1S/C14H18N2O4/c15-12-8-18-7-11(12)13(17)16-10-3-1-2-9(6-10)14-19-4-5-20-14/h1-3,6,11-12,14H,4-5,7-8,15H2,(H,16,17). The van der Waals surface area contributed by atoms with Crippen LogP contribution in [0, 0.1) is 5.92 Å². The smallest absolute Gasteiger partial charge is 0.231 e. The number of nitrogens with one attached hydrogen (secondary N) is 1. The molecule has 20 heavy (non-hydrogen) atoms. The first-order valence-electron chi connectivity index (χ1n) is 6.71. The summed E-state index contributed by atoms with van der Waals surface area (Å²) in [5.41, 5.74) is 7.45. The Balaban J connectivity index is 1.67. The van der Waals surface area contributed by atoms with Gasteiger partial charge in [0.05, 0.1) is 32.3 Å². The van der Waals surface area contributed by atoms with E-state index >= 15 is 0 Å². The Kier molecular flexibility index (Phi) is 3.98. The molecule has 6 nitrogen and oxygen atoms in total. The predicted molar refractivity (Wildman–Crippen MR) is 72.0 cm³/mol. The van der Waals surface area contributed by atoms with Gasteiger partial charge in [-0.3, -0.25) is 4.79 Å². The summed E-state index contributed by atoms with van der Waals surface area (Å²) in [6, 6.07) is 7.23. The lowest BCUT2D eigenvalue weighted by molar-refractivity contribution is -0.120. The second-order valence-corrected chi connectivity index (χ2v) is 5.00. The van der Waals surface area contributed by atoms with Crippen molar-refractivity contribution in [2.24, 2.45) is 11.7 Å². The van der Waals surface area contributed by atoms with Crippen molar-refractivity contribution in [3.05, 3.63) is 29.8 Å². The van der Waals surface area contributed by atoms with Crippen LogP contribution in [0.4, 0.5) is 5.69 Å². The summed E-state index contributed by atoms with van der Waals surface area (Å²) in [7, 11) is 0. The fourth-order valence-electron chi connectivity index (χ4n) is 2.39. The third kappa shape index (κ3) is 2.83. The Morgan fingerprint density at radius 3 is 2.75 bits per heavy atom. The molecule has 0 aliphatic carbocycles. The average molecular weight is 278 g/mol. The Bertz CT molecular complexity index is 488. The molecule has 0 spiro atoms. The second kappa shape index (κ2) is 5.88. The molecule has 1 amide bonds. The number of amides is 1.